The molecule has 20 heavy (non-hydrogen) atoms. The normalized spacial score (nSPS) is 10.7. The summed E-state index contributed by atoms with van der Waals surface area (Å²) in [6, 6.07) is 13.5. The Labute approximate surface area is 125 Å². The lowest BCUT2D eigenvalue weighted by Crippen LogP contribution is -1.95. The van der Waals surface area contributed by atoms with Gasteiger partial charge in [-0.05, 0) is 55.0 Å². The first kappa shape index (κ1) is 12.9. The summed E-state index contributed by atoms with van der Waals surface area (Å²) >= 11 is 3.44. The smallest absolute Gasteiger partial charge is 0.151 e. The summed E-state index contributed by atoms with van der Waals surface area (Å²) in [4.78, 5) is 4.28. The Hall–Kier alpha value is -2.07. The van der Waals surface area contributed by atoms with E-state index >= 15 is 0 Å². The van der Waals surface area contributed by atoms with Gasteiger partial charge in [0.1, 0.15) is 5.75 Å². The van der Waals surface area contributed by atoms with Crippen molar-refractivity contribution in [2.75, 3.05) is 5.73 Å². The van der Waals surface area contributed by atoms with Crippen LogP contribution in [0.5, 0.6) is 11.5 Å². The quantitative estimate of drug-likeness (QED) is 0.695. The van der Waals surface area contributed by atoms with E-state index in [9.17, 15) is 0 Å². The Bertz CT molecular complexity index is 787. The molecule has 0 radical (unpaired) electrons. The molecule has 0 atom stereocenters. The predicted molar refractivity (Wildman–Crippen MR) is 85.1 cm³/mol. The standard InChI is InChI=1S/C16H13BrN2O/c1-10-9-11(17)4-6-14(10)20-15-7-5-13-12(16(15)18)3-2-8-19-13/h2-9H,18H2,1H3. The number of hydrogen-bond acceptors (Lipinski definition) is 3. The number of pyridine rings is 1. The molecule has 0 saturated heterocycles. The zero-order valence-corrected chi connectivity index (χ0v) is 12.5. The SMILES string of the molecule is Cc1cc(Br)ccc1Oc1ccc2ncccc2c1N. The fraction of sp³-hybridized carbons (Fsp3) is 0.0625. The third kappa shape index (κ3) is 2.34. The molecule has 3 aromatic rings. The molecule has 0 aliphatic carbocycles. The molecule has 1 aromatic heterocycles. The number of nitrogen functional groups attached to an aromatic ring is 1. The molecule has 0 fully saturated rings. The van der Waals surface area contributed by atoms with E-state index in [0.29, 0.717) is 11.4 Å². The minimum atomic E-state index is 0.609. The topological polar surface area (TPSA) is 48.1 Å². The fourth-order valence-corrected chi connectivity index (χ4v) is 2.57. The van der Waals surface area contributed by atoms with E-state index in [1.54, 1.807) is 6.20 Å². The molecule has 0 aliphatic rings. The van der Waals surface area contributed by atoms with Crippen LogP contribution in [0.2, 0.25) is 0 Å². The van der Waals surface area contributed by atoms with Crippen molar-refractivity contribution in [1.29, 1.82) is 0 Å². The van der Waals surface area contributed by atoms with E-state index < -0.39 is 0 Å². The number of nitrogens with two attached hydrogens (primary N) is 1. The number of aromatic nitrogens is 1. The Balaban J connectivity index is 2.04. The molecule has 100 valence electrons. The van der Waals surface area contributed by atoms with Crippen LogP contribution in [0.15, 0.2) is 53.1 Å². The van der Waals surface area contributed by atoms with Crippen LogP contribution in [0.4, 0.5) is 5.69 Å². The van der Waals surface area contributed by atoms with Crippen molar-refractivity contribution < 1.29 is 4.74 Å². The molecule has 0 unspecified atom stereocenters. The van der Waals surface area contributed by atoms with Crippen LogP contribution in [0.1, 0.15) is 5.56 Å². The fourth-order valence-electron chi connectivity index (χ4n) is 2.09. The van der Waals surface area contributed by atoms with Crippen LogP contribution in [-0.4, -0.2) is 4.98 Å². The number of rotatable bonds is 2. The lowest BCUT2D eigenvalue weighted by Gasteiger charge is -2.12. The second-order valence-electron chi connectivity index (χ2n) is 4.56. The van der Waals surface area contributed by atoms with E-state index in [4.69, 9.17) is 10.5 Å². The Morgan fingerprint density at radius 3 is 2.70 bits per heavy atom. The first-order chi connectivity index (χ1) is 9.65. The molecular weight excluding hydrogens is 316 g/mol. The van der Waals surface area contributed by atoms with Gasteiger partial charge < -0.3 is 10.5 Å². The van der Waals surface area contributed by atoms with Crippen LogP contribution in [0, 0.1) is 6.92 Å². The largest absolute Gasteiger partial charge is 0.455 e. The number of nitrogens with zero attached hydrogens (tertiary/aromatic N) is 1. The summed E-state index contributed by atoms with van der Waals surface area (Å²) < 4.78 is 6.96. The first-order valence-corrected chi connectivity index (χ1v) is 7.01. The third-order valence-electron chi connectivity index (χ3n) is 3.14. The summed E-state index contributed by atoms with van der Waals surface area (Å²) in [6.45, 7) is 2.00. The van der Waals surface area contributed by atoms with E-state index in [1.807, 2.05) is 49.4 Å². The molecule has 2 N–H and O–H groups in total. The molecule has 0 saturated carbocycles. The van der Waals surface area contributed by atoms with Crippen LogP contribution >= 0.6 is 15.9 Å². The third-order valence-corrected chi connectivity index (χ3v) is 3.64. The molecule has 2 aromatic carbocycles. The van der Waals surface area contributed by atoms with Gasteiger partial charge in [-0.1, -0.05) is 15.9 Å². The number of halogens is 1. The molecule has 0 amide bonds. The van der Waals surface area contributed by atoms with E-state index in [1.165, 1.54) is 0 Å². The van der Waals surface area contributed by atoms with Crippen LogP contribution < -0.4 is 10.5 Å². The van der Waals surface area contributed by atoms with Crippen molar-refractivity contribution >= 4 is 32.5 Å². The average Bonchev–Trinajstić information content (AvgIpc) is 2.45. The summed E-state index contributed by atoms with van der Waals surface area (Å²) in [6.07, 6.45) is 1.75. The van der Waals surface area contributed by atoms with Crippen molar-refractivity contribution in [2.45, 2.75) is 6.92 Å². The highest BCUT2D eigenvalue weighted by molar-refractivity contribution is 9.10. The van der Waals surface area contributed by atoms with Gasteiger partial charge in [-0.25, -0.2) is 0 Å². The molecule has 3 rings (SSSR count). The maximum atomic E-state index is 6.17. The maximum Gasteiger partial charge on any atom is 0.151 e. The lowest BCUT2D eigenvalue weighted by molar-refractivity contribution is 0.482. The van der Waals surface area contributed by atoms with Gasteiger partial charge in [0.05, 0.1) is 11.2 Å². The van der Waals surface area contributed by atoms with Gasteiger partial charge in [-0.15, -0.1) is 0 Å². The van der Waals surface area contributed by atoms with Crippen molar-refractivity contribution in [3.63, 3.8) is 0 Å². The monoisotopic (exact) mass is 328 g/mol. The number of hydrogen-bond donors (Lipinski definition) is 1. The van der Waals surface area contributed by atoms with Crippen molar-refractivity contribution in [1.82, 2.24) is 4.98 Å². The second-order valence-corrected chi connectivity index (χ2v) is 5.48. The van der Waals surface area contributed by atoms with E-state index in [-0.39, 0.29) is 0 Å². The number of ether oxygens (including phenoxy) is 1. The molecule has 1 heterocycles. The Morgan fingerprint density at radius 2 is 1.90 bits per heavy atom. The highest BCUT2D eigenvalue weighted by Gasteiger charge is 2.08. The molecule has 0 spiro atoms. The van der Waals surface area contributed by atoms with Gasteiger partial charge in [-0.2, -0.15) is 0 Å². The lowest BCUT2D eigenvalue weighted by atomic mass is 10.1. The highest BCUT2D eigenvalue weighted by atomic mass is 79.9. The maximum absolute atomic E-state index is 6.17. The van der Waals surface area contributed by atoms with Gasteiger partial charge in [0.25, 0.3) is 0 Å². The average molecular weight is 329 g/mol. The van der Waals surface area contributed by atoms with E-state index in [2.05, 4.69) is 20.9 Å². The van der Waals surface area contributed by atoms with Gasteiger partial charge in [0, 0.05) is 16.1 Å². The summed E-state index contributed by atoms with van der Waals surface area (Å²) in [5.41, 5.74) is 8.69. The van der Waals surface area contributed by atoms with Crippen molar-refractivity contribution in [3.05, 3.63) is 58.7 Å². The van der Waals surface area contributed by atoms with Crippen molar-refractivity contribution in [3.8, 4) is 11.5 Å². The van der Waals surface area contributed by atoms with Gasteiger partial charge in [0.15, 0.2) is 5.75 Å². The minimum absolute atomic E-state index is 0.609. The number of fused-ring (bicyclic) bond motifs is 1. The summed E-state index contributed by atoms with van der Waals surface area (Å²) in [5, 5.41) is 0.903. The summed E-state index contributed by atoms with van der Waals surface area (Å²) in [5.74, 6) is 1.44. The zero-order chi connectivity index (χ0) is 14.1. The highest BCUT2D eigenvalue weighted by Crippen LogP contribution is 2.34. The van der Waals surface area contributed by atoms with Gasteiger partial charge in [-0.3, -0.25) is 4.98 Å². The zero-order valence-electron chi connectivity index (χ0n) is 10.9. The molecular formula is C16H13BrN2O. The first-order valence-electron chi connectivity index (χ1n) is 6.22. The molecule has 0 bridgehead atoms. The number of benzene rings is 2. The number of aryl methyl sites for hydroxylation is 1. The van der Waals surface area contributed by atoms with Gasteiger partial charge >= 0.3 is 0 Å². The Kier molecular flexibility index (Phi) is 3.32. The minimum Gasteiger partial charge on any atom is -0.455 e. The molecule has 4 heteroatoms. The number of anilines is 1. The molecule has 3 nitrogen and oxygen atoms in total. The Morgan fingerprint density at radius 1 is 1.10 bits per heavy atom. The van der Waals surface area contributed by atoms with Crippen LogP contribution in [0.25, 0.3) is 10.9 Å². The van der Waals surface area contributed by atoms with E-state index in [0.717, 1.165) is 26.7 Å². The van der Waals surface area contributed by atoms with Gasteiger partial charge in [0.2, 0.25) is 0 Å². The van der Waals surface area contributed by atoms with Crippen molar-refractivity contribution in [2.24, 2.45) is 0 Å². The predicted octanol–water partition coefficient (Wildman–Crippen LogP) is 4.68. The van der Waals surface area contributed by atoms with Crippen LogP contribution in [-0.2, 0) is 0 Å². The summed E-state index contributed by atoms with van der Waals surface area (Å²) in [7, 11) is 0. The second kappa shape index (κ2) is 5.13. The van der Waals surface area contributed by atoms with Crippen LogP contribution in [0.3, 0.4) is 0 Å². The molecule has 0 aliphatic heterocycles.